The second-order valence-corrected chi connectivity index (χ2v) is 18.0. The zero-order chi connectivity index (χ0) is 38.0. The summed E-state index contributed by atoms with van der Waals surface area (Å²) in [7, 11) is -2.20. The van der Waals surface area contributed by atoms with Crippen LogP contribution in [0, 0.1) is 0 Å². The minimum Gasteiger partial charge on any atom is -0.370 e. The van der Waals surface area contributed by atoms with Crippen LogP contribution in [0.25, 0.3) is 44.8 Å². The van der Waals surface area contributed by atoms with E-state index < -0.39 is 20.0 Å². The lowest BCUT2D eigenvalue weighted by Gasteiger charge is -2.23. The Kier molecular flexibility index (Phi) is 10.8. The van der Waals surface area contributed by atoms with E-state index in [1.54, 1.807) is 8.61 Å². The number of aromatic nitrogens is 4. The van der Waals surface area contributed by atoms with Gasteiger partial charge in [-0.3, -0.25) is 0 Å². The summed E-state index contributed by atoms with van der Waals surface area (Å²) in [4.78, 5) is 14.1. The van der Waals surface area contributed by atoms with Crippen molar-refractivity contribution in [3.8, 4) is 22.8 Å². The maximum absolute atomic E-state index is 11.8. The molecule has 0 radical (unpaired) electrons. The molecule has 2 aliphatic rings. The fourth-order valence-electron chi connectivity index (χ4n) is 7.46. The van der Waals surface area contributed by atoms with Crippen molar-refractivity contribution in [1.29, 1.82) is 0 Å². The largest absolute Gasteiger partial charge is 0.370 e. The number of hydrogen-bond donors (Lipinski definition) is 0. The number of aryl methyl sites for hydroxylation is 2. The summed E-state index contributed by atoms with van der Waals surface area (Å²) in [5.74, 6) is 1.87. The third-order valence-electron chi connectivity index (χ3n) is 10.4. The second-order valence-electron chi connectivity index (χ2n) is 14.1. The van der Waals surface area contributed by atoms with Gasteiger partial charge in [0, 0.05) is 89.0 Å². The number of hydrogen-bond acceptors (Lipinski definition) is 8. The van der Waals surface area contributed by atoms with Crippen molar-refractivity contribution in [3.63, 3.8) is 0 Å². The molecule has 2 fully saturated rings. The van der Waals surface area contributed by atoms with Gasteiger partial charge in [0.05, 0.1) is 34.6 Å². The maximum atomic E-state index is 11.8. The van der Waals surface area contributed by atoms with Crippen LogP contribution in [0.4, 0.5) is 11.4 Å². The molecule has 2 aromatic heterocycles. The summed E-state index contributed by atoms with van der Waals surface area (Å²) in [6.07, 6.45) is 4.22. The van der Waals surface area contributed by atoms with E-state index in [0.717, 1.165) is 82.1 Å². The molecule has 0 amide bonds. The second kappa shape index (κ2) is 15.5. The summed E-state index contributed by atoms with van der Waals surface area (Å²) in [5, 5.41) is 0. The summed E-state index contributed by atoms with van der Waals surface area (Å²) >= 11 is 0. The number of benzene rings is 4. The monoisotopic (exact) mass is 768 g/mol. The molecule has 54 heavy (non-hydrogen) atoms. The van der Waals surface area contributed by atoms with Crippen LogP contribution >= 0.6 is 0 Å². The number of sulfonamides is 2. The van der Waals surface area contributed by atoms with Crippen molar-refractivity contribution < 1.29 is 16.8 Å². The summed E-state index contributed by atoms with van der Waals surface area (Å²) in [6, 6.07) is 33.0. The van der Waals surface area contributed by atoms with Crippen molar-refractivity contribution in [3.05, 3.63) is 97.1 Å². The van der Waals surface area contributed by atoms with Gasteiger partial charge >= 0.3 is 0 Å². The highest BCUT2D eigenvalue weighted by atomic mass is 32.2. The molecule has 0 unspecified atom stereocenters. The van der Waals surface area contributed by atoms with Crippen LogP contribution in [0.2, 0.25) is 0 Å². The lowest BCUT2D eigenvalue weighted by Crippen LogP contribution is -2.34. The first kappa shape index (κ1) is 37.6. The Balaban J connectivity index is 0.000000167. The molecule has 2 aliphatic heterocycles. The van der Waals surface area contributed by atoms with Gasteiger partial charge in [-0.25, -0.2) is 35.4 Å². The Labute approximate surface area is 318 Å². The zero-order valence-electron chi connectivity index (χ0n) is 31.3. The highest BCUT2D eigenvalue weighted by Gasteiger charge is 2.23. The molecule has 0 spiro atoms. The lowest BCUT2D eigenvalue weighted by atomic mass is 10.1. The van der Waals surface area contributed by atoms with Gasteiger partial charge in [0.25, 0.3) is 0 Å². The van der Waals surface area contributed by atoms with Crippen LogP contribution < -0.4 is 9.80 Å². The quantitative estimate of drug-likeness (QED) is 0.221. The summed E-state index contributed by atoms with van der Waals surface area (Å²) in [6.45, 7) is 5.29. The van der Waals surface area contributed by atoms with E-state index in [2.05, 4.69) is 67.5 Å². The van der Waals surface area contributed by atoms with Gasteiger partial charge in [-0.1, -0.05) is 48.5 Å². The van der Waals surface area contributed by atoms with Gasteiger partial charge in [-0.2, -0.15) is 0 Å². The number of rotatable bonds is 6. The highest BCUT2D eigenvalue weighted by molar-refractivity contribution is 7.88. The first-order chi connectivity index (χ1) is 25.9. The maximum Gasteiger partial charge on any atom is 0.211 e. The standard InChI is InChI=1S/2C20H24N4O2S/c2*1-22-19-10-4-3-9-18(19)21-20(22)16-7-5-8-17(15-16)23-11-6-12-24(14-13-23)27(2,25)26/h2*3-5,7-10,15H,6,11-14H2,1-2H3. The minimum atomic E-state index is -3.13. The predicted octanol–water partition coefficient (Wildman–Crippen LogP) is 5.42. The molecule has 14 heteroatoms. The average molecular weight is 769 g/mol. The highest BCUT2D eigenvalue weighted by Crippen LogP contribution is 2.29. The van der Waals surface area contributed by atoms with E-state index >= 15 is 0 Å². The van der Waals surface area contributed by atoms with Crippen LogP contribution in [0.3, 0.4) is 0 Å². The molecule has 8 rings (SSSR count). The molecule has 2 saturated heterocycles. The van der Waals surface area contributed by atoms with Crippen molar-refractivity contribution >= 4 is 53.5 Å². The fourth-order valence-corrected chi connectivity index (χ4v) is 9.21. The first-order valence-electron chi connectivity index (χ1n) is 18.3. The SMILES string of the molecule is Cn1c(-c2cccc(N3CCCN(S(C)(=O)=O)CC3)c2)nc2ccccc21.Cn1c(-c2cccc(N3CCCN(S(C)(=O)=O)CC3)c2)nc2ccccc21. The van der Waals surface area contributed by atoms with E-state index in [1.807, 2.05) is 62.6 Å². The molecule has 0 N–H and O–H groups in total. The van der Waals surface area contributed by atoms with E-state index in [4.69, 9.17) is 9.97 Å². The van der Waals surface area contributed by atoms with Gasteiger partial charge in [0.2, 0.25) is 20.0 Å². The Morgan fingerprint density at radius 1 is 0.481 bits per heavy atom. The van der Waals surface area contributed by atoms with Crippen molar-refractivity contribution in [2.45, 2.75) is 12.8 Å². The molecule has 0 atom stereocenters. The molecule has 0 aliphatic carbocycles. The van der Waals surface area contributed by atoms with E-state index in [0.29, 0.717) is 39.3 Å². The topological polar surface area (TPSA) is 117 Å². The molecule has 284 valence electrons. The van der Waals surface area contributed by atoms with Crippen LogP contribution in [0.15, 0.2) is 97.1 Å². The summed E-state index contributed by atoms with van der Waals surface area (Å²) in [5.41, 5.74) is 8.53. The van der Waals surface area contributed by atoms with Crippen LogP contribution in [-0.2, 0) is 34.1 Å². The van der Waals surface area contributed by atoms with E-state index in [9.17, 15) is 16.8 Å². The van der Waals surface area contributed by atoms with Gasteiger partial charge in [-0.05, 0) is 61.4 Å². The van der Waals surface area contributed by atoms with Gasteiger partial charge in [0.1, 0.15) is 11.6 Å². The van der Waals surface area contributed by atoms with Gasteiger partial charge in [0.15, 0.2) is 0 Å². The molecule has 0 bridgehead atoms. The van der Waals surface area contributed by atoms with E-state index in [1.165, 1.54) is 12.5 Å². The molecule has 4 heterocycles. The van der Waals surface area contributed by atoms with Gasteiger partial charge in [-0.15, -0.1) is 0 Å². The third kappa shape index (κ3) is 8.16. The fraction of sp³-hybridized carbons (Fsp3) is 0.350. The zero-order valence-corrected chi connectivity index (χ0v) is 33.0. The van der Waals surface area contributed by atoms with Gasteiger partial charge < -0.3 is 18.9 Å². The molecule has 0 saturated carbocycles. The van der Waals surface area contributed by atoms with Crippen LogP contribution in [-0.4, -0.2) is 109 Å². The van der Waals surface area contributed by atoms with Crippen molar-refractivity contribution in [1.82, 2.24) is 27.7 Å². The first-order valence-corrected chi connectivity index (χ1v) is 22.0. The molecule has 4 aromatic carbocycles. The Morgan fingerprint density at radius 3 is 1.28 bits per heavy atom. The molecule has 12 nitrogen and oxygen atoms in total. The Morgan fingerprint density at radius 2 is 0.889 bits per heavy atom. The molecular weight excluding hydrogens is 721 g/mol. The number of fused-ring (bicyclic) bond motifs is 2. The number of nitrogens with zero attached hydrogens (tertiary/aromatic N) is 8. The summed E-state index contributed by atoms with van der Waals surface area (Å²) < 4.78 is 54.7. The minimum absolute atomic E-state index is 0.523. The van der Waals surface area contributed by atoms with Crippen LogP contribution in [0.5, 0.6) is 0 Å². The number of para-hydroxylation sites is 4. The lowest BCUT2D eigenvalue weighted by molar-refractivity contribution is 0.437. The number of anilines is 2. The van der Waals surface area contributed by atoms with Crippen molar-refractivity contribution in [2.24, 2.45) is 14.1 Å². The molecule has 6 aromatic rings. The predicted molar refractivity (Wildman–Crippen MR) is 219 cm³/mol. The third-order valence-corrected chi connectivity index (χ3v) is 13.0. The Bertz CT molecular complexity index is 2320. The van der Waals surface area contributed by atoms with E-state index in [-0.39, 0.29) is 0 Å². The normalized spacial score (nSPS) is 16.6. The smallest absolute Gasteiger partial charge is 0.211 e. The van der Waals surface area contributed by atoms with Crippen molar-refractivity contribution in [2.75, 3.05) is 74.7 Å². The molecular formula is C40H48N8O4S2. The van der Waals surface area contributed by atoms with Crippen LogP contribution in [0.1, 0.15) is 12.8 Å². The Hall–Kier alpha value is -4.76. The number of imidazole rings is 2. The average Bonchev–Trinajstić information content (AvgIpc) is 3.40.